The van der Waals surface area contributed by atoms with Crippen molar-refractivity contribution in [3.63, 3.8) is 0 Å². The van der Waals surface area contributed by atoms with E-state index in [4.69, 9.17) is 17.4 Å². The van der Waals surface area contributed by atoms with Gasteiger partial charge in [-0.1, -0.05) is 11.6 Å². The normalized spacial score (nSPS) is 11.5. The van der Waals surface area contributed by atoms with E-state index < -0.39 is 12.0 Å². The highest BCUT2D eigenvalue weighted by Crippen LogP contribution is 2.30. The van der Waals surface area contributed by atoms with Crippen LogP contribution in [0.2, 0.25) is 4.34 Å². The minimum atomic E-state index is -4.64. The van der Waals surface area contributed by atoms with Crippen LogP contribution in [0.3, 0.4) is 0 Å². The number of thiophene rings is 1. The fourth-order valence-electron chi connectivity index (χ4n) is 1.58. The Morgan fingerprint density at radius 3 is 2.62 bits per heavy atom. The highest BCUT2D eigenvalue weighted by atomic mass is 35.5. The van der Waals surface area contributed by atoms with Crippen molar-refractivity contribution in [2.24, 2.45) is 5.84 Å². The number of hydrazine groups is 1. The number of nitrogens with two attached hydrogens (primary N) is 1. The van der Waals surface area contributed by atoms with Crippen LogP contribution in [0.5, 0.6) is 0 Å². The Kier molecular flexibility index (Phi) is 4.55. The van der Waals surface area contributed by atoms with Gasteiger partial charge in [0.1, 0.15) is 11.6 Å². The largest absolute Gasteiger partial charge is 0.451 e. The molecule has 0 atom stereocenters. The summed E-state index contributed by atoms with van der Waals surface area (Å²) in [5.74, 6) is 3.90. The van der Waals surface area contributed by atoms with Crippen LogP contribution in [0.25, 0.3) is 0 Å². The molecule has 3 N–H and O–H groups in total. The number of nitrogen functional groups attached to an aromatic ring is 1. The van der Waals surface area contributed by atoms with Gasteiger partial charge in [0.25, 0.3) is 0 Å². The summed E-state index contributed by atoms with van der Waals surface area (Å²) in [5.41, 5.74) is 2.11. The Bertz CT molecular complexity index is 631. The van der Waals surface area contributed by atoms with Gasteiger partial charge in [0.05, 0.1) is 10.9 Å². The molecule has 0 saturated heterocycles. The second-order valence-electron chi connectivity index (χ2n) is 4.14. The van der Waals surface area contributed by atoms with Crippen molar-refractivity contribution in [1.82, 2.24) is 9.97 Å². The Balaban J connectivity index is 2.29. The van der Waals surface area contributed by atoms with Crippen LogP contribution < -0.4 is 16.2 Å². The summed E-state index contributed by atoms with van der Waals surface area (Å²) in [6.07, 6.45) is -4.64. The van der Waals surface area contributed by atoms with Gasteiger partial charge in [-0.25, -0.2) is 15.8 Å². The van der Waals surface area contributed by atoms with Crippen molar-refractivity contribution < 1.29 is 13.2 Å². The summed E-state index contributed by atoms with van der Waals surface area (Å²) in [4.78, 5) is 9.28. The van der Waals surface area contributed by atoms with Gasteiger partial charge in [0.2, 0.25) is 5.82 Å². The lowest BCUT2D eigenvalue weighted by atomic mass is 10.4. The van der Waals surface area contributed by atoms with Gasteiger partial charge in [-0.2, -0.15) is 13.2 Å². The molecule has 2 aromatic rings. The topological polar surface area (TPSA) is 67.1 Å². The third-order valence-corrected chi connectivity index (χ3v) is 3.74. The molecular formula is C11H11ClF3N5S. The lowest BCUT2D eigenvalue weighted by molar-refractivity contribution is -0.144. The first-order chi connectivity index (χ1) is 9.79. The zero-order valence-electron chi connectivity index (χ0n) is 10.8. The van der Waals surface area contributed by atoms with Gasteiger partial charge in [-0.05, 0) is 12.1 Å². The molecule has 114 valence electrons. The lowest BCUT2D eigenvalue weighted by Crippen LogP contribution is -2.22. The molecule has 0 spiro atoms. The van der Waals surface area contributed by atoms with E-state index in [-0.39, 0.29) is 11.6 Å². The van der Waals surface area contributed by atoms with Gasteiger partial charge in [0, 0.05) is 18.0 Å². The Labute approximate surface area is 127 Å². The van der Waals surface area contributed by atoms with Crippen LogP contribution >= 0.6 is 22.9 Å². The summed E-state index contributed by atoms with van der Waals surface area (Å²) < 4.78 is 38.9. The van der Waals surface area contributed by atoms with Crippen LogP contribution in [-0.4, -0.2) is 17.0 Å². The molecule has 5 nitrogen and oxygen atoms in total. The van der Waals surface area contributed by atoms with Gasteiger partial charge in [-0.3, -0.25) is 0 Å². The molecule has 0 aromatic carbocycles. The Hall–Kier alpha value is -1.58. The molecule has 21 heavy (non-hydrogen) atoms. The number of halogens is 4. The summed E-state index contributed by atoms with van der Waals surface area (Å²) in [6.45, 7) is 0.371. The Morgan fingerprint density at radius 1 is 1.38 bits per heavy atom. The maximum absolute atomic E-state index is 12.8. The van der Waals surface area contributed by atoms with Crippen molar-refractivity contribution >= 4 is 34.6 Å². The summed E-state index contributed by atoms with van der Waals surface area (Å²) in [5, 5.41) is 0. The van der Waals surface area contributed by atoms with E-state index in [1.165, 1.54) is 17.4 Å². The van der Waals surface area contributed by atoms with Crippen LogP contribution in [0.1, 0.15) is 10.7 Å². The standard InChI is InChI=1S/C11H11ClF3N5S/c1-20(5-6-2-3-7(12)21-6)9-4-8(19-16)17-10(18-9)11(13,14)15/h2-4H,5,16H2,1H3,(H,17,18,19). The number of hydrogen-bond donors (Lipinski definition) is 2. The molecule has 10 heteroatoms. The molecule has 0 aliphatic rings. The highest BCUT2D eigenvalue weighted by Gasteiger charge is 2.35. The van der Waals surface area contributed by atoms with Gasteiger partial charge >= 0.3 is 6.18 Å². The van der Waals surface area contributed by atoms with Crippen molar-refractivity contribution in [1.29, 1.82) is 0 Å². The van der Waals surface area contributed by atoms with Crippen molar-refractivity contribution in [3.8, 4) is 0 Å². The molecule has 0 amide bonds. The third-order valence-electron chi connectivity index (χ3n) is 2.53. The molecule has 2 rings (SSSR count). The number of nitrogens with one attached hydrogen (secondary N) is 1. The molecule has 0 fully saturated rings. The fraction of sp³-hybridized carbons (Fsp3) is 0.273. The molecule has 0 aliphatic carbocycles. The highest BCUT2D eigenvalue weighted by molar-refractivity contribution is 7.16. The number of aromatic nitrogens is 2. The molecule has 2 aromatic heterocycles. The number of anilines is 2. The van der Waals surface area contributed by atoms with Gasteiger partial charge < -0.3 is 10.3 Å². The molecule has 2 heterocycles. The van der Waals surface area contributed by atoms with Crippen molar-refractivity contribution in [2.45, 2.75) is 12.7 Å². The minimum absolute atomic E-state index is 0.106. The SMILES string of the molecule is CN(Cc1ccc(Cl)s1)c1cc(NN)nc(C(F)(F)F)n1. The molecule has 0 aliphatic heterocycles. The predicted molar refractivity (Wildman–Crippen MR) is 76.3 cm³/mol. The van der Waals surface area contributed by atoms with Crippen molar-refractivity contribution in [3.05, 3.63) is 33.2 Å². The first-order valence-electron chi connectivity index (χ1n) is 5.68. The first kappa shape index (κ1) is 15.8. The van der Waals surface area contributed by atoms with E-state index >= 15 is 0 Å². The average Bonchev–Trinajstić information content (AvgIpc) is 2.82. The second kappa shape index (κ2) is 6.04. The fourth-order valence-corrected chi connectivity index (χ4v) is 2.72. The average molecular weight is 338 g/mol. The molecule has 0 unspecified atom stereocenters. The van der Waals surface area contributed by atoms with Crippen LogP contribution in [0, 0.1) is 0 Å². The van der Waals surface area contributed by atoms with Crippen LogP contribution in [0.15, 0.2) is 18.2 Å². The number of nitrogens with zero attached hydrogens (tertiary/aromatic N) is 3. The lowest BCUT2D eigenvalue weighted by Gasteiger charge is -2.19. The first-order valence-corrected chi connectivity index (χ1v) is 6.87. The monoisotopic (exact) mass is 337 g/mol. The molecular weight excluding hydrogens is 327 g/mol. The molecule has 0 bridgehead atoms. The van der Waals surface area contributed by atoms with E-state index in [0.29, 0.717) is 10.9 Å². The van der Waals surface area contributed by atoms with Crippen LogP contribution in [-0.2, 0) is 12.7 Å². The predicted octanol–water partition coefficient (Wildman–Crippen LogP) is 3.13. The molecule has 0 saturated carbocycles. The number of rotatable bonds is 4. The quantitative estimate of drug-likeness (QED) is 0.662. The van der Waals surface area contributed by atoms with E-state index in [2.05, 4.69) is 15.4 Å². The number of alkyl halides is 3. The smallest absolute Gasteiger partial charge is 0.354 e. The zero-order valence-corrected chi connectivity index (χ0v) is 12.4. The van der Waals surface area contributed by atoms with Gasteiger partial charge in [0.15, 0.2) is 0 Å². The zero-order chi connectivity index (χ0) is 15.6. The molecule has 0 radical (unpaired) electrons. The second-order valence-corrected chi connectivity index (χ2v) is 5.94. The summed E-state index contributed by atoms with van der Waals surface area (Å²) >= 11 is 7.17. The minimum Gasteiger partial charge on any atom is -0.354 e. The van der Waals surface area contributed by atoms with E-state index in [0.717, 1.165) is 4.88 Å². The van der Waals surface area contributed by atoms with Crippen LogP contribution in [0.4, 0.5) is 24.8 Å². The van der Waals surface area contributed by atoms with E-state index in [1.807, 2.05) is 0 Å². The summed E-state index contributed by atoms with van der Waals surface area (Å²) in [6, 6.07) is 4.87. The number of hydrogen-bond acceptors (Lipinski definition) is 6. The third kappa shape index (κ3) is 3.96. The maximum Gasteiger partial charge on any atom is 0.451 e. The maximum atomic E-state index is 12.8. The van der Waals surface area contributed by atoms with Gasteiger partial charge in [-0.15, -0.1) is 11.3 Å². The summed E-state index contributed by atoms with van der Waals surface area (Å²) in [7, 11) is 1.62. The van der Waals surface area contributed by atoms with E-state index in [1.54, 1.807) is 24.1 Å². The van der Waals surface area contributed by atoms with E-state index in [9.17, 15) is 13.2 Å². The Morgan fingerprint density at radius 2 is 2.10 bits per heavy atom. The van der Waals surface area contributed by atoms with Crippen molar-refractivity contribution in [2.75, 3.05) is 17.4 Å².